The Morgan fingerprint density at radius 2 is 1.50 bits per heavy atom. The van der Waals surface area contributed by atoms with Gasteiger partial charge in [0.25, 0.3) is 0 Å². The Morgan fingerprint density at radius 3 is 2.11 bits per heavy atom. The van der Waals surface area contributed by atoms with Gasteiger partial charge in [-0.3, -0.25) is 15.0 Å². The number of carbonyl (C=O) groups excluding carboxylic acids is 2. The zero-order chi connectivity index (χ0) is 25.9. The van der Waals surface area contributed by atoms with Crippen molar-refractivity contribution >= 4 is 23.3 Å². The summed E-state index contributed by atoms with van der Waals surface area (Å²) < 4.78 is 5.14. The molecule has 0 saturated carbocycles. The molecule has 0 atom stereocenters. The number of nitrogens with one attached hydrogen (secondary N) is 1. The summed E-state index contributed by atoms with van der Waals surface area (Å²) in [5.74, 6) is -0.107. The van der Waals surface area contributed by atoms with E-state index in [9.17, 15) is 9.59 Å². The fourth-order valence-corrected chi connectivity index (χ4v) is 4.29. The average molecular weight is 485 g/mol. The van der Waals surface area contributed by atoms with E-state index in [1.54, 1.807) is 11.8 Å². The van der Waals surface area contributed by atoms with Crippen LogP contribution in [-0.2, 0) is 14.3 Å². The minimum absolute atomic E-state index is 0.0393. The lowest BCUT2D eigenvalue weighted by molar-refractivity contribution is -0.142. The van der Waals surface area contributed by atoms with E-state index < -0.39 is 0 Å². The van der Waals surface area contributed by atoms with E-state index in [0.717, 1.165) is 29.5 Å². The summed E-state index contributed by atoms with van der Waals surface area (Å²) >= 11 is 0. The van der Waals surface area contributed by atoms with Crippen LogP contribution < -0.4 is 4.90 Å². The summed E-state index contributed by atoms with van der Waals surface area (Å²) in [6, 6.07) is 25.4. The van der Waals surface area contributed by atoms with E-state index in [-0.39, 0.29) is 30.8 Å². The highest BCUT2D eigenvalue weighted by Crippen LogP contribution is 2.31. The number of rotatable bonds is 12. The first-order valence-electron chi connectivity index (χ1n) is 12.8. The standard InChI is InChI=1S/C31H36N2O3/c1-4-23(5-2)21-29(34)33(20-19-30(35)36-6-3)28-18-17-26(24-13-9-7-10-14-24)22-27(28)31(32)25-15-11-8-12-16-25/h7-18,22-23,32H,4-6,19-21H2,1-3H3. The summed E-state index contributed by atoms with van der Waals surface area (Å²) in [6.45, 7) is 6.47. The van der Waals surface area contributed by atoms with Crippen LogP contribution in [0.5, 0.6) is 0 Å². The maximum atomic E-state index is 13.6. The Balaban J connectivity index is 2.09. The fraction of sp³-hybridized carbons (Fsp3) is 0.323. The molecular formula is C31H36N2O3. The normalized spacial score (nSPS) is 10.8. The number of hydrogen-bond acceptors (Lipinski definition) is 4. The topological polar surface area (TPSA) is 70.5 Å². The van der Waals surface area contributed by atoms with E-state index in [2.05, 4.69) is 13.8 Å². The highest BCUT2D eigenvalue weighted by Gasteiger charge is 2.24. The summed E-state index contributed by atoms with van der Waals surface area (Å²) in [4.78, 5) is 27.5. The fourth-order valence-electron chi connectivity index (χ4n) is 4.29. The van der Waals surface area contributed by atoms with Crippen LogP contribution in [0.2, 0.25) is 0 Å². The number of ether oxygens (including phenoxy) is 1. The number of carbonyl (C=O) groups is 2. The van der Waals surface area contributed by atoms with Gasteiger partial charge in [0.15, 0.2) is 0 Å². The molecule has 0 aliphatic heterocycles. The number of anilines is 1. The van der Waals surface area contributed by atoms with Crippen LogP contribution in [-0.4, -0.2) is 30.7 Å². The van der Waals surface area contributed by atoms with E-state index in [1.807, 2.05) is 78.9 Å². The molecule has 0 radical (unpaired) electrons. The number of benzene rings is 3. The van der Waals surface area contributed by atoms with Crippen molar-refractivity contribution < 1.29 is 14.3 Å². The van der Waals surface area contributed by atoms with Gasteiger partial charge in [0.1, 0.15) is 0 Å². The molecule has 3 aromatic carbocycles. The quantitative estimate of drug-likeness (QED) is 0.225. The van der Waals surface area contributed by atoms with Crippen LogP contribution in [0.15, 0.2) is 78.9 Å². The molecule has 0 aliphatic carbocycles. The molecule has 0 unspecified atom stereocenters. The highest BCUT2D eigenvalue weighted by molar-refractivity contribution is 6.16. The third-order valence-corrected chi connectivity index (χ3v) is 6.49. The molecule has 0 spiro atoms. The molecule has 36 heavy (non-hydrogen) atoms. The second kappa shape index (κ2) is 13.4. The van der Waals surface area contributed by atoms with Crippen LogP contribution in [0.4, 0.5) is 5.69 Å². The van der Waals surface area contributed by atoms with Gasteiger partial charge in [0.05, 0.1) is 24.4 Å². The molecule has 1 amide bonds. The van der Waals surface area contributed by atoms with E-state index in [1.165, 1.54) is 0 Å². The molecule has 0 fully saturated rings. The first-order chi connectivity index (χ1) is 17.5. The monoisotopic (exact) mass is 484 g/mol. The lowest BCUT2D eigenvalue weighted by atomic mass is 9.94. The van der Waals surface area contributed by atoms with Crippen molar-refractivity contribution in [3.63, 3.8) is 0 Å². The van der Waals surface area contributed by atoms with Crippen molar-refractivity contribution in [2.75, 3.05) is 18.1 Å². The maximum absolute atomic E-state index is 13.6. The molecular weight excluding hydrogens is 448 g/mol. The Bertz CT molecular complexity index is 1150. The number of nitrogens with zero attached hydrogens (tertiary/aromatic N) is 1. The molecule has 0 aliphatic rings. The molecule has 1 N–H and O–H groups in total. The van der Waals surface area contributed by atoms with Gasteiger partial charge in [-0.2, -0.15) is 0 Å². The second-order valence-electron chi connectivity index (χ2n) is 8.83. The predicted molar refractivity (Wildman–Crippen MR) is 147 cm³/mol. The Hall–Kier alpha value is -3.73. The Morgan fingerprint density at radius 1 is 0.861 bits per heavy atom. The number of esters is 1. The van der Waals surface area contributed by atoms with Gasteiger partial charge in [0.2, 0.25) is 5.91 Å². The van der Waals surface area contributed by atoms with Gasteiger partial charge in [-0.25, -0.2) is 0 Å². The minimum Gasteiger partial charge on any atom is -0.466 e. The zero-order valence-electron chi connectivity index (χ0n) is 21.5. The largest absolute Gasteiger partial charge is 0.466 e. The summed E-state index contributed by atoms with van der Waals surface area (Å²) in [7, 11) is 0. The molecule has 5 nitrogen and oxygen atoms in total. The Labute approximate surface area is 214 Å². The second-order valence-corrected chi connectivity index (χ2v) is 8.83. The Kier molecular flexibility index (Phi) is 9.99. The first-order valence-corrected chi connectivity index (χ1v) is 12.8. The van der Waals surface area contributed by atoms with E-state index >= 15 is 0 Å². The average Bonchev–Trinajstić information content (AvgIpc) is 2.92. The van der Waals surface area contributed by atoms with Crippen molar-refractivity contribution in [3.05, 3.63) is 90.0 Å². The molecule has 0 aromatic heterocycles. The SMILES string of the molecule is CCOC(=O)CCN(C(=O)CC(CC)CC)c1ccc(-c2ccccc2)cc1C(=N)c1ccccc1. The van der Waals surface area contributed by atoms with Crippen molar-refractivity contribution in [2.24, 2.45) is 5.92 Å². The molecule has 0 bridgehead atoms. The smallest absolute Gasteiger partial charge is 0.307 e. The van der Waals surface area contributed by atoms with Crippen molar-refractivity contribution in [2.45, 2.75) is 46.5 Å². The zero-order valence-corrected chi connectivity index (χ0v) is 21.5. The number of amides is 1. The van der Waals surface area contributed by atoms with Crippen LogP contribution in [0.25, 0.3) is 11.1 Å². The molecule has 3 rings (SSSR count). The molecule has 188 valence electrons. The molecule has 0 heterocycles. The third-order valence-electron chi connectivity index (χ3n) is 6.49. The van der Waals surface area contributed by atoms with Gasteiger partial charge in [-0.15, -0.1) is 0 Å². The van der Waals surface area contributed by atoms with Crippen molar-refractivity contribution in [3.8, 4) is 11.1 Å². The van der Waals surface area contributed by atoms with Gasteiger partial charge in [-0.05, 0) is 36.1 Å². The maximum Gasteiger partial charge on any atom is 0.307 e. The lowest BCUT2D eigenvalue weighted by Crippen LogP contribution is -2.35. The summed E-state index contributed by atoms with van der Waals surface area (Å²) in [6.07, 6.45) is 2.32. The highest BCUT2D eigenvalue weighted by atomic mass is 16.5. The van der Waals surface area contributed by atoms with Crippen LogP contribution in [0.3, 0.4) is 0 Å². The summed E-state index contributed by atoms with van der Waals surface area (Å²) in [5, 5.41) is 9.07. The minimum atomic E-state index is -0.335. The van der Waals surface area contributed by atoms with Gasteiger partial charge < -0.3 is 9.64 Å². The first kappa shape index (κ1) is 26.9. The van der Waals surface area contributed by atoms with Crippen molar-refractivity contribution in [1.82, 2.24) is 0 Å². The number of hydrogen-bond donors (Lipinski definition) is 1. The lowest BCUT2D eigenvalue weighted by Gasteiger charge is -2.27. The third kappa shape index (κ3) is 6.91. The van der Waals surface area contributed by atoms with Gasteiger partial charge >= 0.3 is 5.97 Å². The van der Waals surface area contributed by atoms with Crippen molar-refractivity contribution in [1.29, 1.82) is 5.41 Å². The van der Waals surface area contributed by atoms with Crippen LogP contribution >= 0.6 is 0 Å². The predicted octanol–water partition coefficient (Wildman–Crippen LogP) is 6.88. The van der Waals surface area contributed by atoms with E-state index in [4.69, 9.17) is 10.1 Å². The molecule has 5 heteroatoms. The van der Waals surface area contributed by atoms with Crippen LogP contribution in [0, 0.1) is 11.3 Å². The van der Waals surface area contributed by atoms with Gasteiger partial charge in [0, 0.05) is 24.1 Å². The summed E-state index contributed by atoms with van der Waals surface area (Å²) in [5.41, 5.74) is 4.40. The molecule has 3 aromatic rings. The van der Waals surface area contributed by atoms with Crippen LogP contribution in [0.1, 0.15) is 57.6 Å². The molecule has 0 saturated heterocycles. The van der Waals surface area contributed by atoms with Gasteiger partial charge in [-0.1, -0.05) is 93.4 Å². The van der Waals surface area contributed by atoms with E-state index in [0.29, 0.717) is 30.0 Å².